The third-order valence-electron chi connectivity index (χ3n) is 3.95. The van der Waals surface area contributed by atoms with Crippen LogP contribution in [0.15, 0.2) is 24.3 Å². The van der Waals surface area contributed by atoms with E-state index in [4.69, 9.17) is 23.7 Å². The zero-order valence-corrected chi connectivity index (χ0v) is 15.2. The molecule has 0 amide bonds. The van der Waals surface area contributed by atoms with Crippen LogP contribution in [-0.2, 0) is 12.8 Å². The van der Waals surface area contributed by atoms with Gasteiger partial charge in [0, 0.05) is 0 Å². The molecule has 0 bridgehead atoms. The highest BCUT2D eigenvalue weighted by atomic mass is 16.5. The molecule has 0 fully saturated rings. The summed E-state index contributed by atoms with van der Waals surface area (Å²) in [5, 5.41) is 10.1. The van der Waals surface area contributed by atoms with E-state index in [1.165, 1.54) is 7.11 Å². The Kier molecular flexibility index (Phi) is 6.22. The van der Waals surface area contributed by atoms with Crippen molar-refractivity contribution in [1.82, 2.24) is 0 Å². The standard InChI is InChI=1S/C19H24O6/c1-21-15-9-12(8-14(20)18(15)24-4)6-7-13-10-16(22-2)19(25-5)17(11-13)23-3/h8-11,20H,6-7H2,1-5H3. The molecule has 0 spiro atoms. The molecule has 1 N–H and O–H groups in total. The SMILES string of the molecule is COc1cc(CCc2cc(OC)c(OC)c(OC)c2)cc(O)c1OC. The van der Waals surface area contributed by atoms with E-state index in [9.17, 15) is 5.11 Å². The summed E-state index contributed by atoms with van der Waals surface area (Å²) < 4.78 is 26.5. The fraction of sp³-hybridized carbons (Fsp3) is 0.368. The van der Waals surface area contributed by atoms with Gasteiger partial charge in [0.2, 0.25) is 11.5 Å². The summed E-state index contributed by atoms with van der Waals surface area (Å²) in [5.74, 6) is 2.69. The van der Waals surface area contributed by atoms with Crippen molar-refractivity contribution in [2.24, 2.45) is 0 Å². The molecule has 25 heavy (non-hydrogen) atoms. The summed E-state index contributed by atoms with van der Waals surface area (Å²) in [6, 6.07) is 7.37. The second-order valence-electron chi connectivity index (χ2n) is 5.38. The Balaban J connectivity index is 2.25. The second-order valence-corrected chi connectivity index (χ2v) is 5.38. The fourth-order valence-electron chi connectivity index (χ4n) is 2.71. The first kappa shape index (κ1) is 18.6. The van der Waals surface area contributed by atoms with Crippen LogP contribution in [0, 0.1) is 0 Å². The Bertz CT molecular complexity index is 701. The van der Waals surface area contributed by atoms with Crippen LogP contribution in [-0.4, -0.2) is 40.7 Å². The number of hydrogen-bond donors (Lipinski definition) is 1. The molecular weight excluding hydrogens is 324 g/mol. The number of methoxy groups -OCH3 is 5. The van der Waals surface area contributed by atoms with E-state index in [1.54, 1.807) is 34.5 Å². The Morgan fingerprint density at radius 3 is 1.40 bits per heavy atom. The maximum Gasteiger partial charge on any atom is 0.203 e. The Labute approximate surface area is 147 Å². The van der Waals surface area contributed by atoms with E-state index in [1.807, 2.05) is 18.2 Å². The third kappa shape index (κ3) is 4.02. The van der Waals surface area contributed by atoms with Crippen LogP contribution >= 0.6 is 0 Å². The number of aryl methyl sites for hydroxylation is 2. The molecule has 0 unspecified atom stereocenters. The van der Waals surface area contributed by atoms with Crippen molar-refractivity contribution < 1.29 is 28.8 Å². The number of rotatable bonds is 8. The number of aromatic hydroxyl groups is 1. The van der Waals surface area contributed by atoms with Crippen molar-refractivity contribution in [3.05, 3.63) is 35.4 Å². The van der Waals surface area contributed by atoms with E-state index in [2.05, 4.69) is 0 Å². The topological polar surface area (TPSA) is 66.4 Å². The predicted octanol–water partition coefficient (Wildman–Crippen LogP) is 3.22. The number of phenolic OH excluding ortho intramolecular Hbond substituents is 1. The highest BCUT2D eigenvalue weighted by Gasteiger charge is 2.15. The molecule has 2 aromatic rings. The predicted molar refractivity (Wildman–Crippen MR) is 94.7 cm³/mol. The molecule has 136 valence electrons. The van der Waals surface area contributed by atoms with Crippen LogP contribution < -0.4 is 23.7 Å². The van der Waals surface area contributed by atoms with Crippen molar-refractivity contribution >= 4 is 0 Å². The average Bonchev–Trinajstić information content (AvgIpc) is 2.64. The van der Waals surface area contributed by atoms with Gasteiger partial charge >= 0.3 is 0 Å². The van der Waals surface area contributed by atoms with Gasteiger partial charge in [-0.3, -0.25) is 0 Å². The summed E-state index contributed by atoms with van der Waals surface area (Å²) in [6.45, 7) is 0. The van der Waals surface area contributed by atoms with Crippen LogP contribution in [0.25, 0.3) is 0 Å². The number of phenols is 1. The summed E-state index contributed by atoms with van der Waals surface area (Å²) in [6.07, 6.45) is 1.43. The quantitative estimate of drug-likeness (QED) is 0.790. The van der Waals surface area contributed by atoms with Gasteiger partial charge in [-0.2, -0.15) is 0 Å². The van der Waals surface area contributed by atoms with Gasteiger partial charge in [0.05, 0.1) is 35.5 Å². The first-order chi connectivity index (χ1) is 12.1. The van der Waals surface area contributed by atoms with E-state index in [0.717, 1.165) is 17.5 Å². The lowest BCUT2D eigenvalue weighted by atomic mass is 10.0. The molecule has 0 aromatic heterocycles. The number of benzene rings is 2. The van der Waals surface area contributed by atoms with Gasteiger partial charge in [0.25, 0.3) is 0 Å². The Morgan fingerprint density at radius 2 is 1.00 bits per heavy atom. The maximum absolute atomic E-state index is 10.1. The normalized spacial score (nSPS) is 10.3. The number of hydrogen-bond acceptors (Lipinski definition) is 6. The van der Waals surface area contributed by atoms with Gasteiger partial charge in [0.1, 0.15) is 0 Å². The summed E-state index contributed by atoms with van der Waals surface area (Å²) in [5.41, 5.74) is 1.97. The minimum absolute atomic E-state index is 0.0572. The smallest absolute Gasteiger partial charge is 0.203 e. The minimum atomic E-state index is 0.0572. The molecule has 0 saturated heterocycles. The first-order valence-corrected chi connectivity index (χ1v) is 7.80. The van der Waals surface area contributed by atoms with E-state index in [0.29, 0.717) is 35.2 Å². The Morgan fingerprint density at radius 1 is 0.600 bits per heavy atom. The van der Waals surface area contributed by atoms with Crippen LogP contribution in [0.1, 0.15) is 11.1 Å². The van der Waals surface area contributed by atoms with Crippen LogP contribution in [0.3, 0.4) is 0 Å². The highest BCUT2D eigenvalue weighted by molar-refractivity contribution is 5.55. The van der Waals surface area contributed by atoms with E-state index in [-0.39, 0.29) is 5.75 Å². The van der Waals surface area contributed by atoms with Crippen molar-refractivity contribution in [2.75, 3.05) is 35.5 Å². The fourth-order valence-corrected chi connectivity index (χ4v) is 2.71. The largest absolute Gasteiger partial charge is 0.504 e. The van der Waals surface area contributed by atoms with Crippen molar-refractivity contribution in [1.29, 1.82) is 0 Å². The molecule has 0 heterocycles. The summed E-state index contributed by atoms with van der Waals surface area (Å²) in [7, 11) is 7.79. The average molecular weight is 348 g/mol. The van der Waals surface area contributed by atoms with Crippen molar-refractivity contribution in [2.45, 2.75) is 12.8 Å². The molecule has 0 aliphatic rings. The van der Waals surface area contributed by atoms with Gasteiger partial charge in [-0.15, -0.1) is 0 Å². The third-order valence-corrected chi connectivity index (χ3v) is 3.95. The minimum Gasteiger partial charge on any atom is -0.504 e. The first-order valence-electron chi connectivity index (χ1n) is 7.80. The molecule has 0 atom stereocenters. The van der Waals surface area contributed by atoms with Gasteiger partial charge in [-0.05, 0) is 48.2 Å². The number of ether oxygens (including phenoxy) is 5. The van der Waals surface area contributed by atoms with E-state index < -0.39 is 0 Å². The van der Waals surface area contributed by atoms with Gasteiger partial charge in [0.15, 0.2) is 23.0 Å². The Hall–Kier alpha value is -2.76. The van der Waals surface area contributed by atoms with Crippen molar-refractivity contribution in [3.63, 3.8) is 0 Å². The van der Waals surface area contributed by atoms with Crippen LogP contribution in [0.5, 0.6) is 34.5 Å². The maximum atomic E-state index is 10.1. The monoisotopic (exact) mass is 348 g/mol. The van der Waals surface area contributed by atoms with E-state index >= 15 is 0 Å². The van der Waals surface area contributed by atoms with Crippen LogP contribution in [0.4, 0.5) is 0 Å². The molecule has 0 radical (unpaired) electrons. The zero-order valence-electron chi connectivity index (χ0n) is 15.2. The van der Waals surface area contributed by atoms with Crippen molar-refractivity contribution in [3.8, 4) is 34.5 Å². The lowest BCUT2D eigenvalue weighted by Gasteiger charge is -2.15. The summed E-state index contributed by atoms with van der Waals surface area (Å²) >= 11 is 0. The molecule has 2 rings (SSSR count). The van der Waals surface area contributed by atoms with Gasteiger partial charge in [-0.1, -0.05) is 0 Å². The lowest BCUT2D eigenvalue weighted by Crippen LogP contribution is -1.99. The highest BCUT2D eigenvalue weighted by Crippen LogP contribution is 2.40. The second kappa shape index (κ2) is 8.37. The lowest BCUT2D eigenvalue weighted by molar-refractivity contribution is 0.323. The molecule has 2 aromatic carbocycles. The summed E-state index contributed by atoms with van der Waals surface area (Å²) in [4.78, 5) is 0. The molecule has 0 aliphatic carbocycles. The molecule has 0 saturated carbocycles. The molecule has 6 nitrogen and oxygen atoms in total. The zero-order chi connectivity index (χ0) is 18.4. The van der Waals surface area contributed by atoms with Gasteiger partial charge in [-0.25, -0.2) is 0 Å². The van der Waals surface area contributed by atoms with Gasteiger partial charge < -0.3 is 28.8 Å². The molecule has 6 heteroatoms. The molecule has 0 aliphatic heterocycles. The molecular formula is C19H24O6. The van der Waals surface area contributed by atoms with Crippen LogP contribution in [0.2, 0.25) is 0 Å².